The van der Waals surface area contributed by atoms with Crippen LogP contribution in [0.1, 0.15) is 52.0 Å². The van der Waals surface area contributed by atoms with E-state index in [0.717, 1.165) is 29.8 Å². The van der Waals surface area contributed by atoms with Crippen LogP contribution in [0.15, 0.2) is 53.5 Å². The third-order valence-electron chi connectivity index (χ3n) is 7.09. The summed E-state index contributed by atoms with van der Waals surface area (Å²) >= 11 is 0. The second kappa shape index (κ2) is 13.1. The van der Waals surface area contributed by atoms with Crippen molar-refractivity contribution >= 4 is 23.5 Å². The zero-order valence-corrected chi connectivity index (χ0v) is 23.5. The average molecular weight is 553 g/mol. The smallest absolute Gasteiger partial charge is 0.328 e. The van der Waals surface area contributed by atoms with E-state index < -0.39 is 17.6 Å². The third kappa shape index (κ3) is 8.19. The number of aliphatic carboxylic acids is 1. The van der Waals surface area contributed by atoms with Gasteiger partial charge in [-0.05, 0) is 76.3 Å². The van der Waals surface area contributed by atoms with E-state index in [1.54, 1.807) is 0 Å². The average Bonchev–Trinajstić information content (AvgIpc) is 2.92. The van der Waals surface area contributed by atoms with E-state index in [4.69, 9.17) is 19.9 Å². The van der Waals surface area contributed by atoms with Crippen molar-refractivity contribution in [2.24, 2.45) is 16.6 Å². The van der Waals surface area contributed by atoms with E-state index in [1.807, 2.05) is 69.3 Å². The molecule has 1 amide bonds. The fourth-order valence-corrected chi connectivity index (χ4v) is 5.03. The number of amides is 1. The normalized spacial score (nSPS) is 17.4. The molecule has 4 N–H and O–H groups in total. The minimum absolute atomic E-state index is 0.0700. The molecule has 2 aromatic carbocycles. The Kier molecular flexibility index (Phi) is 9.65. The first-order chi connectivity index (χ1) is 19.1. The lowest BCUT2D eigenvalue weighted by atomic mass is 9.87. The summed E-state index contributed by atoms with van der Waals surface area (Å²) in [5.74, 6) is 0.643. The van der Waals surface area contributed by atoms with Gasteiger partial charge >= 0.3 is 5.97 Å². The number of benzene rings is 2. The van der Waals surface area contributed by atoms with E-state index >= 15 is 0 Å². The van der Waals surface area contributed by atoms with Crippen LogP contribution in [0.2, 0.25) is 0 Å². The van der Waals surface area contributed by atoms with Crippen LogP contribution in [0.3, 0.4) is 0 Å². The van der Waals surface area contributed by atoms with Gasteiger partial charge in [0.05, 0.1) is 17.9 Å². The Morgan fingerprint density at radius 2 is 1.88 bits per heavy atom. The molecule has 2 atom stereocenters. The second-order valence-corrected chi connectivity index (χ2v) is 11.2. The number of carbonyl (C=O) groups excluding carboxylic acids is 1. The van der Waals surface area contributed by atoms with Crippen LogP contribution in [0.25, 0.3) is 0 Å². The van der Waals surface area contributed by atoms with Crippen molar-refractivity contribution in [3.05, 3.63) is 54.1 Å². The summed E-state index contributed by atoms with van der Waals surface area (Å²) in [4.78, 5) is 31.4. The molecule has 0 aromatic heterocycles. The predicted octanol–water partition coefficient (Wildman–Crippen LogP) is 4.20. The van der Waals surface area contributed by atoms with E-state index in [-0.39, 0.29) is 30.9 Å². The number of rotatable bonds is 11. The molecule has 10 nitrogen and oxygen atoms in total. The van der Waals surface area contributed by atoms with Crippen molar-refractivity contribution in [1.82, 2.24) is 10.2 Å². The highest BCUT2D eigenvalue weighted by Crippen LogP contribution is 2.35. The zero-order chi connectivity index (χ0) is 28.7. The van der Waals surface area contributed by atoms with E-state index in [2.05, 4.69) is 15.2 Å². The van der Waals surface area contributed by atoms with E-state index in [0.29, 0.717) is 37.9 Å². The van der Waals surface area contributed by atoms with Crippen LogP contribution in [-0.2, 0) is 25.6 Å². The standard InChI is InChI=1S/C30H40N4O6/c1-30(2,3)39-19-25(28(36)37)32-27(35)12-11-26(20-13-15-38-16-14-20)34-18-21-17-23(9-10-24(21)33-29(34)31)40-22-7-5-4-6-8-22/h4-10,17,20,25-26H,11-16,18-19H2,1-3H3,(H2,31,33)(H,32,35)(H,36,37)/t25-,26?/m1/s1. The molecule has 0 aliphatic carbocycles. The first-order valence-corrected chi connectivity index (χ1v) is 13.8. The molecule has 40 heavy (non-hydrogen) atoms. The molecule has 0 radical (unpaired) electrons. The minimum atomic E-state index is -1.13. The first kappa shape index (κ1) is 29.4. The molecular weight excluding hydrogens is 512 g/mol. The molecule has 10 heteroatoms. The van der Waals surface area contributed by atoms with Gasteiger partial charge in [-0.3, -0.25) is 4.79 Å². The fourth-order valence-electron chi connectivity index (χ4n) is 5.03. The van der Waals surface area contributed by atoms with Crippen LogP contribution < -0.4 is 15.8 Å². The molecule has 2 aliphatic heterocycles. The fraction of sp³-hybridized carbons (Fsp3) is 0.500. The topological polar surface area (TPSA) is 136 Å². The van der Waals surface area contributed by atoms with Crippen molar-refractivity contribution < 1.29 is 28.9 Å². The molecule has 2 aromatic rings. The molecule has 1 unspecified atom stereocenters. The van der Waals surface area contributed by atoms with Gasteiger partial charge in [-0.15, -0.1) is 0 Å². The van der Waals surface area contributed by atoms with Crippen molar-refractivity contribution in [3.8, 4) is 11.5 Å². The number of carboxylic acids is 1. The number of carbonyl (C=O) groups is 2. The number of nitrogens with one attached hydrogen (secondary N) is 1. The van der Waals surface area contributed by atoms with Gasteiger partial charge in [-0.1, -0.05) is 18.2 Å². The van der Waals surface area contributed by atoms with Crippen molar-refractivity contribution in [1.29, 1.82) is 0 Å². The molecule has 4 rings (SSSR count). The SMILES string of the molecule is CC(C)(C)OC[C@@H](NC(=O)CCC(C1CCOCC1)N1Cc2cc(Oc3ccccc3)ccc2N=C1N)C(=O)O. The van der Waals surface area contributed by atoms with Crippen LogP contribution in [0.4, 0.5) is 5.69 Å². The Bertz CT molecular complexity index is 1190. The molecular formula is C30H40N4O6. The molecule has 2 aliphatic rings. The molecule has 0 bridgehead atoms. The Morgan fingerprint density at radius 3 is 2.55 bits per heavy atom. The second-order valence-electron chi connectivity index (χ2n) is 11.2. The Hall–Kier alpha value is -3.63. The number of nitrogens with two attached hydrogens (primary N) is 1. The van der Waals surface area contributed by atoms with Gasteiger partial charge in [0.2, 0.25) is 5.91 Å². The Balaban J connectivity index is 1.46. The quantitative estimate of drug-likeness (QED) is 0.377. The summed E-state index contributed by atoms with van der Waals surface area (Å²) in [6.07, 6.45) is 2.33. The molecule has 0 saturated carbocycles. The summed E-state index contributed by atoms with van der Waals surface area (Å²) in [6, 6.07) is 14.2. The number of para-hydroxylation sites is 1. The number of fused-ring (bicyclic) bond motifs is 1. The maximum atomic E-state index is 12.9. The zero-order valence-electron chi connectivity index (χ0n) is 23.5. The summed E-state index contributed by atoms with van der Waals surface area (Å²) in [6.45, 7) is 7.23. The van der Waals surface area contributed by atoms with Gasteiger partial charge < -0.3 is 35.3 Å². The summed E-state index contributed by atoms with van der Waals surface area (Å²) in [7, 11) is 0. The lowest BCUT2D eigenvalue weighted by Crippen LogP contribution is -2.50. The van der Waals surface area contributed by atoms with Crippen LogP contribution >= 0.6 is 0 Å². The Labute approximate surface area is 235 Å². The molecule has 1 fully saturated rings. The van der Waals surface area contributed by atoms with Gasteiger partial charge in [-0.25, -0.2) is 9.79 Å². The molecule has 1 saturated heterocycles. The first-order valence-electron chi connectivity index (χ1n) is 13.8. The van der Waals surface area contributed by atoms with Gasteiger partial charge in [0.15, 0.2) is 12.0 Å². The lowest BCUT2D eigenvalue weighted by molar-refractivity contribution is -0.145. The summed E-state index contributed by atoms with van der Waals surface area (Å²) < 4.78 is 17.2. The summed E-state index contributed by atoms with van der Waals surface area (Å²) in [5, 5.41) is 12.2. The highest BCUT2D eigenvalue weighted by Gasteiger charge is 2.33. The van der Waals surface area contributed by atoms with Gasteiger partial charge in [0.1, 0.15) is 11.5 Å². The van der Waals surface area contributed by atoms with E-state index in [1.165, 1.54) is 0 Å². The van der Waals surface area contributed by atoms with E-state index in [9.17, 15) is 14.7 Å². The number of nitrogens with zero attached hydrogens (tertiary/aromatic N) is 2. The number of ether oxygens (including phenoxy) is 3. The molecule has 2 heterocycles. The molecule has 0 spiro atoms. The van der Waals surface area contributed by atoms with Crippen molar-refractivity contribution in [3.63, 3.8) is 0 Å². The largest absolute Gasteiger partial charge is 0.480 e. The summed E-state index contributed by atoms with van der Waals surface area (Å²) in [5.41, 5.74) is 7.75. The lowest BCUT2D eigenvalue weighted by Gasteiger charge is -2.41. The third-order valence-corrected chi connectivity index (χ3v) is 7.09. The van der Waals surface area contributed by atoms with Gasteiger partial charge in [0.25, 0.3) is 0 Å². The van der Waals surface area contributed by atoms with Crippen molar-refractivity contribution in [2.45, 2.75) is 70.7 Å². The van der Waals surface area contributed by atoms with Crippen molar-refractivity contribution in [2.75, 3.05) is 19.8 Å². The maximum Gasteiger partial charge on any atom is 0.328 e. The van der Waals surface area contributed by atoms with Gasteiger partial charge in [-0.2, -0.15) is 0 Å². The number of aliphatic imine (C=N–C) groups is 1. The number of hydrogen-bond acceptors (Lipinski definition) is 8. The number of hydrogen-bond donors (Lipinski definition) is 3. The maximum absolute atomic E-state index is 12.9. The van der Waals surface area contributed by atoms with Crippen LogP contribution in [0, 0.1) is 5.92 Å². The molecule has 216 valence electrons. The monoisotopic (exact) mass is 552 g/mol. The Morgan fingerprint density at radius 1 is 1.15 bits per heavy atom. The van der Waals surface area contributed by atoms with Gasteiger partial charge in [0, 0.05) is 37.8 Å². The highest BCUT2D eigenvalue weighted by atomic mass is 16.5. The number of guanidine groups is 1. The van der Waals surface area contributed by atoms with Crippen LogP contribution in [-0.4, -0.2) is 65.3 Å². The number of carboxylic acid groups (broad SMARTS) is 1. The predicted molar refractivity (Wildman–Crippen MR) is 152 cm³/mol. The minimum Gasteiger partial charge on any atom is -0.480 e. The van der Waals surface area contributed by atoms with Crippen LogP contribution in [0.5, 0.6) is 11.5 Å². The highest BCUT2D eigenvalue weighted by molar-refractivity contribution is 5.85.